The molecule has 1 aromatic heterocycles. The predicted octanol–water partition coefficient (Wildman–Crippen LogP) is 1.15. The lowest BCUT2D eigenvalue weighted by Gasteiger charge is -2.14. The Morgan fingerprint density at radius 1 is 1.36 bits per heavy atom. The highest BCUT2D eigenvalue weighted by Crippen LogP contribution is 2.22. The molecular weight excluding hydrogens is 227 g/mol. The molecule has 1 aromatic rings. The highest BCUT2D eigenvalue weighted by atomic mass is 35.5. The molecule has 0 saturated carbocycles. The van der Waals surface area contributed by atoms with Gasteiger partial charge in [0.2, 0.25) is 0 Å². The molecule has 1 heterocycles. The molecule has 0 fully saturated rings. The van der Waals surface area contributed by atoms with E-state index < -0.39 is 6.04 Å². The van der Waals surface area contributed by atoms with E-state index >= 15 is 0 Å². The Kier molecular flexibility index (Phi) is 4.41. The number of hydrogen-bond donors (Lipinski definition) is 3. The number of aromatic nitrogens is 1. The van der Waals surface area contributed by atoms with Gasteiger partial charge in [0.1, 0.15) is 5.82 Å². The van der Waals surface area contributed by atoms with E-state index in [9.17, 15) is 0 Å². The third-order valence-electron chi connectivity index (χ3n) is 1.59. The minimum atomic E-state index is -0.471. The van der Waals surface area contributed by atoms with Gasteiger partial charge in [-0.1, -0.05) is 23.2 Å². The number of aliphatic hydroxyl groups is 2. The van der Waals surface area contributed by atoms with E-state index in [1.165, 1.54) is 12.3 Å². The first-order valence-corrected chi connectivity index (χ1v) is 4.72. The van der Waals surface area contributed by atoms with E-state index in [1.54, 1.807) is 0 Å². The Bertz CT molecular complexity index is 305. The van der Waals surface area contributed by atoms with Crippen LogP contribution in [0, 0.1) is 0 Å². The molecule has 0 spiro atoms. The standard InChI is InChI=1S/C8H10Cl2N2O2/c9-5-1-7(10)8(11-2-5)12-6(3-13)4-14/h1-2,6,13-14H,3-4H2,(H,11,12). The Labute approximate surface area is 91.5 Å². The average molecular weight is 237 g/mol. The molecule has 0 aliphatic heterocycles. The zero-order chi connectivity index (χ0) is 10.6. The quantitative estimate of drug-likeness (QED) is 0.735. The van der Waals surface area contributed by atoms with Crippen LogP contribution in [0.15, 0.2) is 12.3 Å². The Morgan fingerprint density at radius 3 is 2.50 bits per heavy atom. The predicted molar refractivity (Wildman–Crippen MR) is 55.8 cm³/mol. The van der Waals surface area contributed by atoms with Gasteiger partial charge in [0.05, 0.1) is 29.3 Å². The second-order valence-electron chi connectivity index (χ2n) is 2.69. The van der Waals surface area contributed by atoms with Gasteiger partial charge in [-0.3, -0.25) is 0 Å². The SMILES string of the molecule is OCC(CO)Nc1ncc(Cl)cc1Cl. The molecule has 0 atom stereocenters. The summed E-state index contributed by atoms with van der Waals surface area (Å²) in [6.45, 7) is -0.395. The molecule has 0 radical (unpaired) electrons. The van der Waals surface area contributed by atoms with Crippen LogP contribution in [0.1, 0.15) is 0 Å². The maximum absolute atomic E-state index is 8.81. The minimum absolute atomic E-state index is 0.197. The third-order valence-corrected chi connectivity index (χ3v) is 2.08. The maximum Gasteiger partial charge on any atom is 0.145 e. The average Bonchev–Trinajstić information content (AvgIpc) is 2.17. The van der Waals surface area contributed by atoms with Crippen LogP contribution in [0.5, 0.6) is 0 Å². The molecule has 0 aliphatic rings. The number of pyridine rings is 1. The summed E-state index contributed by atoms with van der Waals surface area (Å²) in [6, 6.07) is 1.06. The van der Waals surface area contributed by atoms with Gasteiger partial charge in [-0.05, 0) is 6.07 Å². The fraction of sp³-hybridized carbons (Fsp3) is 0.375. The number of hydrogen-bond acceptors (Lipinski definition) is 4. The minimum Gasteiger partial charge on any atom is -0.394 e. The number of rotatable bonds is 4. The van der Waals surface area contributed by atoms with Crippen molar-refractivity contribution >= 4 is 29.0 Å². The fourth-order valence-electron chi connectivity index (χ4n) is 0.863. The van der Waals surface area contributed by atoms with E-state index in [-0.39, 0.29) is 13.2 Å². The number of nitrogens with one attached hydrogen (secondary N) is 1. The van der Waals surface area contributed by atoms with E-state index in [0.29, 0.717) is 15.9 Å². The molecule has 0 aliphatic carbocycles. The van der Waals surface area contributed by atoms with Crippen molar-refractivity contribution in [3.05, 3.63) is 22.3 Å². The second kappa shape index (κ2) is 5.36. The van der Waals surface area contributed by atoms with Crippen molar-refractivity contribution in [1.82, 2.24) is 4.98 Å². The molecule has 0 unspecified atom stereocenters. The lowest BCUT2D eigenvalue weighted by Crippen LogP contribution is -2.28. The van der Waals surface area contributed by atoms with Gasteiger partial charge < -0.3 is 15.5 Å². The highest BCUT2D eigenvalue weighted by molar-refractivity contribution is 6.35. The second-order valence-corrected chi connectivity index (χ2v) is 3.53. The molecule has 4 nitrogen and oxygen atoms in total. The summed E-state index contributed by atoms with van der Waals surface area (Å²) in [5.41, 5.74) is 0. The first-order valence-electron chi connectivity index (χ1n) is 3.96. The zero-order valence-corrected chi connectivity index (χ0v) is 8.76. The van der Waals surface area contributed by atoms with Crippen molar-refractivity contribution < 1.29 is 10.2 Å². The van der Waals surface area contributed by atoms with E-state index in [2.05, 4.69) is 10.3 Å². The number of nitrogens with zero attached hydrogens (tertiary/aromatic N) is 1. The fourth-order valence-corrected chi connectivity index (χ4v) is 1.30. The summed E-state index contributed by atoms with van der Waals surface area (Å²) >= 11 is 11.5. The van der Waals surface area contributed by atoms with Crippen molar-refractivity contribution in [3.63, 3.8) is 0 Å². The van der Waals surface area contributed by atoms with Gasteiger partial charge in [-0.25, -0.2) is 4.98 Å². The van der Waals surface area contributed by atoms with Crippen LogP contribution in [0.3, 0.4) is 0 Å². The molecule has 3 N–H and O–H groups in total. The number of aliphatic hydroxyl groups excluding tert-OH is 2. The Morgan fingerprint density at radius 2 is 2.00 bits per heavy atom. The molecule has 6 heteroatoms. The number of anilines is 1. The topological polar surface area (TPSA) is 65.4 Å². The first-order chi connectivity index (χ1) is 6.67. The van der Waals surface area contributed by atoms with Crippen LogP contribution in [-0.4, -0.2) is 34.5 Å². The zero-order valence-electron chi connectivity index (χ0n) is 7.24. The van der Waals surface area contributed by atoms with E-state index in [1.807, 2.05) is 0 Å². The van der Waals surface area contributed by atoms with Gasteiger partial charge >= 0.3 is 0 Å². The molecule has 0 aromatic carbocycles. The van der Waals surface area contributed by atoms with E-state index in [0.717, 1.165) is 0 Å². The molecule has 1 rings (SSSR count). The summed E-state index contributed by atoms with van der Waals surface area (Å²) in [5.74, 6) is 0.393. The van der Waals surface area contributed by atoms with Gasteiger partial charge in [-0.15, -0.1) is 0 Å². The monoisotopic (exact) mass is 236 g/mol. The van der Waals surface area contributed by atoms with Crippen LogP contribution in [0.2, 0.25) is 10.0 Å². The number of halogens is 2. The Balaban J connectivity index is 2.76. The van der Waals surface area contributed by atoms with Crippen LogP contribution >= 0.6 is 23.2 Å². The summed E-state index contributed by atoms with van der Waals surface area (Å²) in [7, 11) is 0. The van der Waals surface area contributed by atoms with Gasteiger partial charge in [0.25, 0.3) is 0 Å². The summed E-state index contributed by atoms with van der Waals surface area (Å²) < 4.78 is 0. The van der Waals surface area contributed by atoms with Crippen molar-refractivity contribution in [3.8, 4) is 0 Å². The van der Waals surface area contributed by atoms with Gasteiger partial charge in [0.15, 0.2) is 0 Å². The van der Waals surface area contributed by atoms with Gasteiger partial charge in [0, 0.05) is 6.20 Å². The molecular formula is C8H10Cl2N2O2. The summed E-state index contributed by atoms with van der Waals surface area (Å²) in [4.78, 5) is 3.92. The molecule has 14 heavy (non-hydrogen) atoms. The summed E-state index contributed by atoms with van der Waals surface area (Å²) in [6.07, 6.45) is 1.43. The van der Waals surface area contributed by atoms with Crippen molar-refractivity contribution in [1.29, 1.82) is 0 Å². The first kappa shape index (κ1) is 11.5. The normalized spacial score (nSPS) is 10.6. The maximum atomic E-state index is 8.81. The van der Waals surface area contributed by atoms with Crippen molar-refractivity contribution in [2.75, 3.05) is 18.5 Å². The van der Waals surface area contributed by atoms with Gasteiger partial charge in [-0.2, -0.15) is 0 Å². The van der Waals surface area contributed by atoms with Crippen LogP contribution in [0.4, 0.5) is 5.82 Å². The van der Waals surface area contributed by atoms with Crippen LogP contribution < -0.4 is 5.32 Å². The lowest BCUT2D eigenvalue weighted by molar-refractivity contribution is 0.203. The highest BCUT2D eigenvalue weighted by Gasteiger charge is 2.09. The van der Waals surface area contributed by atoms with Crippen molar-refractivity contribution in [2.24, 2.45) is 0 Å². The van der Waals surface area contributed by atoms with Crippen LogP contribution in [-0.2, 0) is 0 Å². The molecule has 0 amide bonds. The summed E-state index contributed by atoms with van der Waals surface area (Å²) in [5, 5.41) is 21.2. The Hall–Kier alpha value is -0.550. The molecule has 0 bridgehead atoms. The third kappa shape index (κ3) is 2.99. The van der Waals surface area contributed by atoms with Crippen LogP contribution in [0.25, 0.3) is 0 Å². The molecule has 0 saturated heterocycles. The molecule has 78 valence electrons. The smallest absolute Gasteiger partial charge is 0.145 e. The van der Waals surface area contributed by atoms with E-state index in [4.69, 9.17) is 33.4 Å². The lowest BCUT2D eigenvalue weighted by atomic mass is 10.3. The largest absolute Gasteiger partial charge is 0.394 e. The van der Waals surface area contributed by atoms with Crippen molar-refractivity contribution in [2.45, 2.75) is 6.04 Å².